The average molecular weight is 419 g/mol. The largest absolute Gasteiger partial charge is 0.573 e. The van der Waals surface area contributed by atoms with Gasteiger partial charge in [-0.25, -0.2) is 4.98 Å². The van der Waals surface area contributed by atoms with E-state index in [0.717, 1.165) is 0 Å². The number of hydrogen-bond donors (Lipinski definition) is 2. The third-order valence-corrected chi connectivity index (χ3v) is 4.73. The lowest BCUT2D eigenvalue weighted by Gasteiger charge is -2.23. The summed E-state index contributed by atoms with van der Waals surface area (Å²) in [6.07, 6.45) is -3.17. The van der Waals surface area contributed by atoms with Gasteiger partial charge in [0, 0.05) is 18.0 Å². The number of aromatic nitrogens is 2. The molecule has 156 valence electrons. The number of anilines is 1. The van der Waals surface area contributed by atoms with Gasteiger partial charge in [0.15, 0.2) is 11.5 Å². The summed E-state index contributed by atoms with van der Waals surface area (Å²) in [7, 11) is 1.44. The minimum Gasteiger partial charge on any atom is -0.504 e. The Kier molecular flexibility index (Phi) is 4.76. The second-order valence-electron chi connectivity index (χ2n) is 6.63. The monoisotopic (exact) mass is 419 g/mol. The molecule has 1 aromatic heterocycles. The summed E-state index contributed by atoms with van der Waals surface area (Å²) in [5.41, 5.74) is 1.76. The molecule has 10 heteroatoms. The second kappa shape index (κ2) is 7.29. The van der Waals surface area contributed by atoms with Gasteiger partial charge in [0.25, 0.3) is 0 Å². The molecule has 2 aromatic carbocycles. The molecule has 3 aromatic rings. The van der Waals surface area contributed by atoms with E-state index in [9.17, 15) is 23.1 Å². The highest BCUT2D eigenvalue weighted by Crippen LogP contribution is 2.40. The van der Waals surface area contributed by atoms with Crippen LogP contribution in [0.5, 0.6) is 17.2 Å². The predicted molar refractivity (Wildman–Crippen MR) is 100.0 cm³/mol. The van der Waals surface area contributed by atoms with Gasteiger partial charge in [-0.3, -0.25) is 9.36 Å². The van der Waals surface area contributed by atoms with E-state index < -0.39 is 12.3 Å². The molecular formula is C20H16F3N3O4. The van der Waals surface area contributed by atoms with Gasteiger partial charge < -0.3 is 19.9 Å². The van der Waals surface area contributed by atoms with Crippen LogP contribution in [-0.4, -0.2) is 34.0 Å². The topological polar surface area (TPSA) is 85.6 Å². The number of phenols is 1. The first-order chi connectivity index (χ1) is 14.2. The number of halogens is 3. The van der Waals surface area contributed by atoms with Crippen molar-refractivity contribution in [3.8, 4) is 22.9 Å². The van der Waals surface area contributed by atoms with Crippen LogP contribution in [0.15, 0.2) is 48.8 Å². The van der Waals surface area contributed by atoms with Gasteiger partial charge >= 0.3 is 6.36 Å². The lowest BCUT2D eigenvalue weighted by molar-refractivity contribution is -0.274. The van der Waals surface area contributed by atoms with E-state index in [-0.39, 0.29) is 23.8 Å². The van der Waals surface area contributed by atoms with Crippen molar-refractivity contribution in [1.29, 1.82) is 0 Å². The van der Waals surface area contributed by atoms with Crippen LogP contribution in [0.4, 0.5) is 19.0 Å². The Bertz CT molecular complexity index is 1090. The number of ether oxygens (including phenoxy) is 2. The molecule has 0 aliphatic carbocycles. The maximum atomic E-state index is 12.4. The van der Waals surface area contributed by atoms with Gasteiger partial charge in [-0.15, -0.1) is 13.2 Å². The number of methoxy groups -OCH3 is 1. The van der Waals surface area contributed by atoms with E-state index in [1.807, 2.05) is 0 Å². The fraction of sp³-hybridized carbons (Fsp3) is 0.200. The fourth-order valence-electron chi connectivity index (χ4n) is 3.41. The zero-order chi connectivity index (χ0) is 21.5. The first-order valence-corrected chi connectivity index (χ1v) is 8.85. The Morgan fingerprint density at radius 1 is 1.20 bits per heavy atom. The summed E-state index contributed by atoms with van der Waals surface area (Å²) < 4.78 is 47.6. The molecule has 0 saturated carbocycles. The molecule has 1 atom stereocenters. The SMILES string of the molecule is COc1ccc([C@@H]2CC(=O)Nc3c2ncn3-c2ccc(OC(F)(F)F)cc2)cc1O. The molecule has 30 heavy (non-hydrogen) atoms. The molecule has 0 saturated heterocycles. The number of aromatic hydroxyl groups is 1. The summed E-state index contributed by atoms with van der Waals surface area (Å²) in [4.78, 5) is 16.7. The maximum absolute atomic E-state index is 12.4. The summed E-state index contributed by atoms with van der Waals surface area (Å²) >= 11 is 0. The molecule has 2 heterocycles. The maximum Gasteiger partial charge on any atom is 0.573 e. The van der Waals surface area contributed by atoms with E-state index in [1.165, 1.54) is 43.8 Å². The summed E-state index contributed by atoms with van der Waals surface area (Å²) in [6.45, 7) is 0. The Hall–Kier alpha value is -3.69. The quantitative estimate of drug-likeness (QED) is 0.669. The Balaban J connectivity index is 1.68. The van der Waals surface area contributed by atoms with Crippen molar-refractivity contribution in [3.63, 3.8) is 0 Å². The number of amides is 1. The first kappa shape index (κ1) is 19.6. The Labute approximate surface area is 168 Å². The van der Waals surface area contributed by atoms with E-state index >= 15 is 0 Å². The number of fused-ring (bicyclic) bond motifs is 1. The number of carbonyl (C=O) groups excluding carboxylic acids is 1. The van der Waals surface area contributed by atoms with Crippen LogP contribution >= 0.6 is 0 Å². The first-order valence-electron chi connectivity index (χ1n) is 8.85. The van der Waals surface area contributed by atoms with Crippen molar-refractivity contribution in [2.45, 2.75) is 18.7 Å². The van der Waals surface area contributed by atoms with Crippen molar-refractivity contribution in [1.82, 2.24) is 9.55 Å². The number of carbonyl (C=O) groups is 1. The molecule has 0 bridgehead atoms. The van der Waals surface area contributed by atoms with Crippen LogP contribution in [-0.2, 0) is 4.79 Å². The van der Waals surface area contributed by atoms with Crippen LogP contribution in [0.2, 0.25) is 0 Å². The molecule has 0 unspecified atom stereocenters. The lowest BCUT2D eigenvalue weighted by Crippen LogP contribution is -2.24. The number of nitrogens with one attached hydrogen (secondary N) is 1. The highest BCUT2D eigenvalue weighted by molar-refractivity contribution is 5.94. The van der Waals surface area contributed by atoms with Crippen molar-refractivity contribution in [3.05, 3.63) is 60.0 Å². The fourth-order valence-corrected chi connectivity index (χ4v) is 3.41. The molecule has 1 aliphatic rings. The van der Waals surface area contributed by atoms with E-state index in [2.05, 4.69) is 15.0 Å². The van der Waals surface area contributed by atoms with Gasteiger partial charge in [-0.1, -0.05) is 6.07 Å². The van der Waals surface area contributed by atoms with Gasteiger partial charge in [0.05, 0.1) is 12.8 Å². The highest BCUT2D eigenvalue weighted by Gasteiger charge is 2.32. The third-order valence-electron chi connectivity index (χ3n) is 4.73. The average Bonchev–Trinajstić information content (AvgIpc) is 3.10. The lowest BCUT2D eigenvalue weighted by atomic mass is 9.89. The molecule has 4 rings (SSSR count). The van der Waals surface area contributed by atoms with Crippen LogP contribution < -0.4 is 14.8 Å². The third kappa shape index (κ3) is 3.76. The van der Waals surface area contributed by atoms with Crippen LogP contribution in [0.3, 0.4) is 0 Å². The minimum absolute atomic E-state index is 0.0535. The smallest absolute Gasteiger partial charge is 0.504 e. The van der Waals surface area contributed by atoms with E-state index in [0.29, 0.717) is 28.5 Å². The van der Waals surface area contributed by atoms with Crippen molar-refractivity contribution < 1.29 is 32.5 Å². The zero-order valence-electron chi connectivity index (χ0n) is 15.6. The molecule has 0 fully saturated rings. The Morgan fingerprint density at radius 3 is 2.57 bits per heavy atom. The van der Waals surface area contributed by atoms with Crippen LogP contribution in [0.1, 0.15) is 23.6 Å². The number of imidazole rings is 1. The van der Waals surface area contributed by atoms with Gasteiger partial charge in [0.2, 0.25) is 5.91 Å². The summed E-state index contributed by atoms with van der Waals surface area (Å²) in [5.74, 6) is -0.332. The number of nitrogens with zero attached hydrogens (tertiary/aromatic N) is 2. The van der Waals surface area contributed by atoms with Crippen molar-refractivity contribution >= 4 is 11.7 Å². The Morgan fingerprint density at radius 2 is 1.93 bits per heavy atom. The van der Waals surface area contributed by atoms with Crippen LogP contribution in [0, 0.1) is 0 Å². The second-order valence-corrected chi connectivity index (χ2v) is 6.63. The number of rotatable bonds is 4. The number of phenolic OH excluding ortho intramolecular Hbond substituents is 1. The molecule has 0 radical (unpaired) electrons. The van der Waals surface area contributed by atoms with Gasteiger partial charge in [-0.2, -0.15) is 0 Å². The summed E-state index contributed by atoms with van der Waals surface area (Å²) in [6, 6.07) is 10.1. The number of benzene rings is 2. The van der Waals surface area contributed by atoms with Crippen molar-refractivity contribution in [2.24, 2.45) is 0 Å². The number of alkyl halides is 3. The molecule has 2 N–H and O–H groups in total. The summed E-state index contributed by atoms with van der Waals surface area (Å²) in [5, 5.41) is 12.8. The standard InChI is InChI=1S/C20H16F3N3O4/c1-29-16-7-2-11(8-15(16)27)14-9-17(28)25-19-18(14)24-10-26(19)12-3-5-13(6-4-12)30-20(21,22)23/h2-8,10,14,27H,9H2,1H3,(H,25,28)/t14-/m0/s1. The highest BCUT2D eigenvalue weighted by atomic mass is 19.4. The zero-order valence-corrected chi connectivity index (χ0v) is 15.6. The van der Waals surface area contributed by atoms with Gasteiger partial charge in [0.1, 0.15) is 17.9 Å². The molecular weight excluding hydrogens is 403 g/mol. The van der Waals surface area contributed by atoms with Gasteiger partial charge in [-0.05, 0) is 42.0 Å². The van der Waals surface area contributed by atoms with E-state index in [4.69, 9.17) is 4.74 Å². The minimum atomic E-state index is -4.78. The van der Waals surface area contributed by atoms with Crippen LogP contribution in [0.25, 0.3) is 5.69 Å². The molecule has 7 nitrogen and oxygen atoms in total. The predicted octanol–water partition coefficient (Wildman–Crippen LogP) is 3.96. The number of hydrogen-bond acceptors (Lipinski definition) is 5. The molecule has 1 amide bonds. The molecule has 0 spiro atoms. The normalized spacial score (nSPS) is 16.0. The van der Waals surface area contributed by atoms with E-state index in [1.54, 1.807) is 16.7 Å². The molecule has 1 aliphatic heterocycles. The van der Waals surface area contributed by atoms with Crippen molar-refractivity contribution in [2.75, 3.05) is 12.4 Å².